The molecule has 0 fully saturated rings. The van der Waals surface area contributed by atoms with Gasteiger partial charge in [0.2, 0.25) is 5.91 Å². The standard InChI is InChI=1S/C23H26N2O3/c1-15-7-10-17(11-8-15)16(2)9-12-22(26)25-21(23(27)28)13-18-14-24-20-6-4-3-5-19(18)20/h3-8,10-11,14,16,21,24H,9,12-13H2,1-2H3,(H,25,26)(H,27,28)/t16-,21-/m1/s1. The highest BCUT2D eigenvalue weighted by Crippen LogP contribution is 2.22. The van der Waals surface area contributed by atoms with E-state index in [1.54, 1.807) is 0 Å². The van der Waals surface area contributed by atoms with Gasteiger partial charge in [0.15, 0.2) is 0 Å². The first-order valence-electron chi connectivity index (χ1n) is 9.57. The average molecular weight is 378 g/mol. The van der Waals surface area contributed by atoms with E-state index in [2.05, 4.69) is 41.5 Å². The number of aromatic nitrogens is 1. The van der Waals surface area contributed by atoms with Crippen LogP contribution in [0.15, 0.2) is 54.7 Å². The average Bonchev–Trinajstić information content (AvgIpc) is 3.09. The number of carbonyl (C=O) groups excluding carboxylic acids is 1. The van der Waals surface area contributed by atoms with E-state index in [0.717, 1.165) is 16.5 Å². The number of carboxylic acids is 1. The van der Waals surface area contributed by atoms with E-state index in [4.69, 9.17) is 0 Å². The van der Waals surface area contributed by atoms with E-state index in [9.17, 15) is 14.7 Å². The van der Waals surface area contributed by atoms with Crippen LogP contribution in [0.3, 0.4) is 0 Å². The van der Waals surface area contributed by atoms with Gasteiger partial charge in [0.05, 0.1) is 0 Å². The molecule has 1 heterocycles. The molecule has 5 nitrogen and oxygen atoms in total. The van der Waals surface area contributed by atoms with Crippen molar-refractivity contribution in [2.75, 3.05) is 0 Å². The summed E-state index contributed by atoms with van der Waals surface area (Å²) in [7, 11) is 0. The molecule has 0 saturated heterocycles. The second-order valence-electron chi connectivity index (χ2n) is 7.37. The smallest absolute Gasteiger partial charge is 0.326 e. The van der Waals surface area contributed by atoms with Crippen molar-refractivity contribution in [1.29, 1.82) is 0 Å². The van der Waals surface area contributed by atoms with E-state index >= 15 is 0 Å². The van der Waals surface area contributed by atoms with E-state index in [-0.39, 0.29) is 18.2 Å². The van der Waals surface area contributed by atoms with Crippen LogP contribution in [0.2, 0.25) is 0 Å². The Kier molecular flexibility index (Phi) is 6.14. The van der Waals surface area contributed by atoms with Gasteiger partial charge >= 0.3 is 5.97 Å². The van der Waals surface area contributed by atoms with Gasteiger partial charge in [-0.25, -0.2) is 4.79 Å². The number of amides is 1. The van der Waals surface area contributed by atoms with Crippen LogP contribution in [0.25, 0.3) is 10.9 Å². The summed E-state index contributed by atoms with van der Waals surface area (Å²) >= 11 is 0. The number of para-hydroxylation sites is 1. The van der Waals surface area contributed by atoms with Crippen LogP contribution >= 0.6 is 0 Å². The zero-order chi connectivity index (χ0) is 20.1. The van der Waals surface area contributed by atoms with E-state index < -0.39 is 12.0 Å². The Balaban J connectivity index is 1.58. The zero-order valence-corrected chi connectivity index (χ0v) is 16.2. The molecule has 0 spiro atoms. The Morgan fingerprint density at radius 2 is 1.82 bits per heavy atom. The third kappa shape index (κ3) is 4.80. The lowest BCUT2D eigenvalue weighted by atomic mass is 9.95. The number of aromatic amines is 1. The number of benzene rings is 2. The van der Waals surface area contributed by atoms with Crippen LogP contribution in [0.1, 0.15) is 42.4 Å². The molecule has 28 heavy (non-hydrogen) atoms. The number of nitrogens with one attached hydrogen (secondary N) is 2. The fourth-order valence-corrected chi connectivity index (χ4v) is 3.40. The van der Waals surface area contributed by atoms with E-state index in [1.165, 1.54) is 11.1 Å². The molecule has 0 bridgehead atoms. The zero-order valence-electron chi connectivity index (χ0n) is 16.2. The van der Waals surface area contributed by atoms with Gasteiger partial charge < -0.3 is 15.4 Å². The van der Waals surface area contributed by atoms with E-state index in [1.807, 2.05) is 37.4 Å². The van der Waals surface area contributed by atoms with Crippen LogP contribution in [0, 0.1) is 6.92 Å². The summed E-state index contributed by atoms with van der Waals surface area (Å²) in [4.78, 5) is 27.2. The second kappa shape index (κ2) is 8.74. The monoisotopic (exact) mass is 378 g/mol. The lowest BCUT2D eigenvalue weighted by molar-refractivity contribution is -0.141. The molecule has 1 amide bonds. The number of rotatable bonds is 8. The molecule has 146 valence electrons. The number of aliphatic carboxylic acids is 1. The number of carboxylic acid groups (broad SMARTS) is 1. The molecule has 0 aliphatic heterocycles. The third-order valence-electron chi connectivity index (χ3n) is 5.18. The van der Waals surface area contributed by atoms with Crippen molar-refractivity contribution in [2.45, 2.75) is 45.1 Å². The summed E-state index contributed by atoms with van der Waals surface area (Å²) in [6.07, 6.45) is 3.03. The van der Waals surface area contributed by atoms with Gasteiger partial charge in [-0.1, -0.05) is 55.0 Å². The minimum Gasteiger partial charge on any atom is -0.480 e. The number of aryl methyl sites for hydroxylation is 1. The van der Waals surface area contributed by atoms with Crippen molar-refractivity contribution in [3.63, 3.8) is 0 Å². The summed E-state index contributed by atoms with van der Waals surface area (Å²) < 4.78 is 0. The molecule has 0 radical (unpaired) electrons. The Labute approximate surface area is 164 Å². The van der Waals surface area contributed by atoms with Crippen LogP contribution < -0.4 is 5.32 Å². The molecule has 2 aromatic carbocycles. The summed E-state index contributed by atoms with van der Waals surface area (Å²) in [5.74, 6) is -1.01. The van der Waals surface area contributed by atoms with Crippen molar-refractivity contribution < 1.29 is 14.7 Å². The quantitative estimate of drug-likeness (QED) is 0.550. The molecule has 3 aromatic rings. The van der Waals surface area contributed by atoms with Crippen LogP contribution in [0.4, 0.5) is 0 Å². The van der Waals surface area contributed by atoms with Gasteiger partial charge in [-0.3, -0.25) is 4.79 Å². The maximum atomic E-state index is 12.4. The largest absolute Gasteiger partial charge is 0.480 e. The van der Waals surface area contributed by atoms with Crippen molar-refractivity contribution in [2.24, 2.45) is 0 Å². The molecule has 0 saturated carbocycles. The fraction of sp³-hybridized carbons (Fsp3) is 0.304. The van der Waals surface area contributed by atoms with E-state index in [0.29, 0.717) is 12.8 Å². The molecule has 1 aromatic heterocycles. The van der Waals surface area contributed by atoms with Gasteiger partial charge in [-0.15, -0.1) is 0 Å². The first-order chi connectivity index (χ1) is 13.4. The third-order valence-corrected chi connectivity index (χ3v) is 5.18. The fourth-order valence-electron chi connectivity index (χ4n) is 3.40. The Morgan fingerprint density at radius 3 is 2.54 bits per heavy atom. The SMILES string of the molecule is Cc1ccc([C@H](C)CCC(=O)N[C@H](Cc2c[nH]c3ccccc23)C(=O)O)cc1. The highest BCUT2D eigenvalue weighted by Gasteiger charge is 2.22. The van der Waals surface area contributed by atoms with Crippen LogP contribution in [-0.2, 0) is 16.0 Å². The molecule has 0 aliphatic rings. The minimum absolute atomic E-state index is 0.230. The molecular formula is C23H26N2O3. The van der Waals surface area contributed by atoms with Gasteiger partial charge in [-0.2, -0.15) is 0 Å². The number of H-pyrrole nitrogens is 1. The van der Waals surface area contributed by atoms with Gasteiger partial charge in [0.1, 0.15) is 6.04 Å². The van der Waals surface area contributed by atoms with Crippen molar-refractivity contribution >= 4 is 22.8 Å². The molecule has 2 atom stereocenters. The topological polar surface area (TPSA) is 82.2 Å². The predicted molar refractivity (Wildman–Crippen MR) is 110 cm³/mol. The lowest BCUT2D eigenvalue weighted by Crippen LogP contribution is -2.42. The van der Waals surface area contributed by atoms with Gasteiger partial charge in [0.25, 0.3) is 0 Å². The first kappa shape index (κ1) is 19.7. The molecule has 3 N–H and O–H groups in total. The Morgan fingerprint density at radius 1 is 1.11 bits per heavy atom. The summed E-state index contributed by atoms with van der Waals surface area (Å²) in [6.45, 7) is 4.13. The van der Waals surface area contributed by atoms with Crippen molar-refractivity contribution in [1.82, 2.24) is 10.3 Å². The maximum Gasteiger partial charge on any atom is 0.326 e. The first-order valence-corrected chi connectivity index (χ1v) is 9.57. The Bertz CT molecular complexity index is 959. The highest BCUT2D eigenvalue weighted by molar-refractivity contribution is 5.86. The number of hydrogen-bond donors (Lipinski definition) is 3. The van der Waals surface area contributed by atoms with Crippen LogP contribution in [-0.4, -0.2) is 28.0 Å². The van der Waals surface area contributed by atoms with Crippen molar-refractivity contribution in [3.05, 3.63) is 71.4 Å². The van der Waals surface area contributed by atoms with Crippen molar-refractivity contribution in [3.8, 4) is 0 Å². The second-order valence-corrected chi connectivity index (χ2v) is 7.37. The molecular weight excluding hydrogens is 352 g/mol. The maximum absolute atomic E-state index is 12.4. The van der Waals surface area contributed by atoms with Crippen LogP contribution in [0.5, 0.6) is 0 Å². The lowest BCUT2D eigenvalue weighted by Gasteiger charge is -2.16. The molecule has 3 rings (SSSR count). The predicted octanol–water partition coefficient (Wildman–Crippen LogP) is 4.17. The highest BCUT2D eigenvalue weighted by atomic mass is 16.4. The normalized spacial score (nSPS) is 13.2. The Hall–Kier alpha value is -3.08. The summed E-state index contributed by atoms with van der Waals surface area (Å²) in [5, 5.41) is 13.2. The molecule has 0 aliphatic carbocycles. The molecule has 0 unspecified atom stereocenters. The van der Waals surface area contributed by atoms with Gasteiger partial charge in [0, 0.05) is 29.9 Å². The number of carbonyl (C=O) groups is 2. The van der Waals surface area contributed by atoms with Gasteiger partial charge in [-0.05, 0) is 36.5 Å². The molecule has 5 heteroatoms. The number of hydrogen-bond acceptors (Lipinski definition) is 2. The summed E-state index contributed by atoms with van der Waals surface area (Å²) in [5.41, 5.74) is 4.23. The minimum atomic E-state index is -1.02. The summed E-state index contributed by atoms with van der Waals surface area (Å²) in [6, 6.07) is 15.1. The number of fused-ring (bicyclic) bond motifs is 1.